The largest absolute Gasteiger partial charge is 0.285 e. The monoisotopic (exact) mass is 126 g/mol. The SMILES string of the molecule is CC(F)([C]=O)N(F)F. The molecule has 8 heavy (non-hydrogen) atoms. The molecular formula is C3H3F3NO. The van der Waals surface area contributed by atoms with E-state index < -0.39 is 11.1 Å². The summed E-state index contributed by atoms with van der Waals surface area (Å²) >= 11 is 0. The maximum absolute atomic E-state index is 11.7. The maximum atomic E-state index is 11.7. The van der Waals surface area contributed by atoms with Crippen LogP contribution >= 0.6 is 0 Å². The molecule has 0 spiro atoms. The highest BCUT2D eigenvalue weighted by molar-refractivity contribution is 5.60. The normalized spacial score (nSPS) is 18.1. The van der Waals surface area contributed by atoms with Gasteiger partial charge in [-0.05, 0) is 6.92 Å². The molecule has 47 valence electrons. The second-order valence-corrected chi connectivity index (χ2v) is 1.29. The second-order valence-electron chi connectivity index (χ2n) is 1.29. The molecule has 2 nitrogen and oxygen atoms in total. The van der Waals surface area contributed by atoms with Gasteiger partial charge in [0.25, 0.3) is 12.1 Å². The fourth-order valence-corrected chi connectivity index (χ4v) is 0.0345. The zero-order chi connectivity index (χ0) is 6.78. The van der Waals surface area contributed by atoms with E-state index in [2.05, 4.69) is 0 Å². The Balaban J connectivity index is 3.90. The summed E-state index contributed by atoms with van der Waals surface area (Å²) in [7, 11) is 0. The predicted octanol–water partition coefficient (Wildman–Crippen LogP) is 0.853. The van der Waals surface area contributed by atoms with Gasteiger partial charge in [0.2, 0.25) is 0 Å². The molecule has 0 aliphatic rings. The van der Waals surface area contributed by atoms with Gasteiger partial charge in [-0.2, -0.15) is 0 Å². The lowest BCUT2D eigenvalue weighted by molar-refractivity contribution is -0.243. The Bertz CT molecular complexity index is 92.5. The molecule has 5 heteroatoms. The lowest BCUT2D eigenvalue weighted by Crippen LogP contribution is -2.32. The Kier molecular flexibility index (Phi) is 1.97. The molecule has 0 amide bonds. The van der Waals surface area contributed by atoms with Gasteiger partial charge in [0.15, 0.2) is 0 Å². The van der Waals surface area contributed by atoms with Gasteiger partial charge in [0, 0.05) is 0 Å². The molecule has 0 saturated carbocycles. The van der Waals surface area contributed by atoms with Crippen molar-refractivity contribution in [2.45, 2.75) is 12.7 Å². The van der Waals surface area contributed by atoms with E-state index >= 15 is 0 Å². The summed E-state index contributed by atoms with van der Waals surface area (Å²) in [5.74, 6) is -3.26. The first-order valence-electron chi connectivity index (χ1n) is 1.70. The molecule has 0 N–H and O–H groups in total. The quantitative estimate of drug-likeness (QED) is 0.404. The topological polar surface area (TPSA) is 20.3 Å². The number of nitrogens with zero attached hydrogens (tertiary/aromatic N) is 1. The Morgan fingerprint density at radius 2 is 2.00 bits per heavy atom. The van der Waals surface area contributed by atoms with Crippen molar-refractivity contribution in [3.63, 3.8) is 0 Å². The van der Waals surface area contributed by atoms with E-state index in [4.69, 9.17) is 0 Å². The van der Waals surface area contributed by atoms with E-state index in [1.54, 1.807) is 0 Å². The van der Waals surface area contributed by atoms with E-state index in [1.165, 1.54) is 0 Å². The highest BCUT2D eigenvalue weighted by Gasteiger charge is 2.33. The van der Waals surface area contributed by atoms with Crippen LogP contribution in [0.15, 0.2) is 0 Å². The van der Waals surface area contributed by atoms with Crippen molar-refractivity contribution in [3.05, 3.63) is 0 Å². The van der Waals surface area contributed by atoms with Gasteiger partial charge in [-0.1, -0.05) is 8.96 Å². The van der Waals surface area contributed by atoms with Crippen LogP contribution in [0, 0.1) is 0 Å². The number of halogens is 3. The predicted molar refractivity (Wildman–Crippen MR) is 19.3 cm³/mol. The van der Waals surface area contributed by atoms with Crippen molar-refractivity contribution >= 4 is 6.29 Å². The molecule has 0 saturated heterocycles. The Morgan fingerprint density at radius 3 is 2.00 bits per heavy atom. The third kappa shape index (κ3) is 1.49. The van der Waals surface area contributed by atoms with Crippen LogP contribution in [0.5, 0.6) is 0 Å². The Hall–Kier alpha value is -0.580. The summed E-state index contributed by atoms with van der Waals surface area (Å²) in [5.41, 5.74) is 0. The minimum Gasteiger partial charge on any atom is -0.285 e. The van der Waals surface area contributed by atoms with Gasteiger partial charge < -0.3 is 0 Å². The van der Waals surface area contributed by atoms with Gasteiger partial charge in [-0.15, -0.1) is 0 Å². The van der Waals surface area contributed by atoms with Gasteiger partial charge >= 0.3 is 0 Å². The van der Waals surface area contributed by atoms with Crippen molar-refractivity contribution < 1.29 is 18.1 Å². The number of carbonyl (C=O) groups excluding carboxylic acids is 1. The molecule has 0 aromatic heterocycles. The van der Waals surface area contributed by atoms with Crippen LogP contribution in [0.1, 0.15) is 6.92 Å². The summed E-state index contributed by atoms with van der Waals surface area (Å²) in [4.78, 5) is 9.25. The van der Waals surface area contributed by atoms with Gasteiger partial charge in [0.05, 0.1) is 5.34 Å². The number of alkyl halides is 1. The zero-order valence-electron chi connectivity index (χ0n) is 3.99. The van der Waals surface area contributed by atoms with Crippen LogP contribution in [0.3, 0.4) is 0 Å². The Morgan fingerprint density at radius 1 is 1.62 bits per heavy atom. The van der Waals surface area contributed by atoms with E-state index in [1.807, 2.05) is 0 Å². The standard InChI is InChI=1S/C3H3F3NO/c1-3(4,2-8)7(5)6/h1H3. The summed E-state index contributed by atoms with van der Waals surface area (Å²) in [6.07, 6.45) is 0.500. The fraction of sp³-hybridized carbons (Fsp3) is 0.667. The molecule has 0 heterocycles. The second kappa shape index (κ2) is 2.13. The molecule has 0 fully saturated rings. The maximum Gasteiger partial charge on any atom is 0.284 e. The molecule has 1 radical (unpaired) electrons. The molecule has 1 unspecified atom stereocenters. The van der Waals surface area contributed by atoms with Crippen molar-refractivity contribution in [1.82, 2.24) is 5.34 Å². The van der Waals surface area contributed by atoms with Crippen molar-refractivity contribution in [3.8, 4) is 0 Å². The first-order chi connectivity index (χ1) is 3.50. The summed E-state index contributed by atoms with van der Waals surface area (Å²) in [6.45, 7) is 0.403. The van der Waals surface area contributed by atoms with Crippen LogP contribution < -0.4 is 0 Å². The molecule has 0 aromatic carbocycles. The number of hydrogen-bond acceptors (Lipinski definition) is 2. The van der Waals surface area contributed by atoms with E-state index in [0.29, 0.717) is 13.2 Å². The van der Waals surface area contributed by atoms with E-state index in [0.717, 1.165) is 0 Å². The van der Waals surface area contributed by atoms with Crippen molar-refractivity contribution in [2.24, 2.45) is 0 Å². The average Bonchev–Trinajstić information content (AvgIpc) is 1.67. The summed E-state index contributed by atoms with van der Waals surface area (Å²) < 4.78 is 33.7. The zero-order valence-corrected chi connectivity index (χ0v) is 3.99. The molecule has 0 aliphatic heterocycles. The molecule has 0 aromatic rings. The molecule has 0 bridgehead atoms. The fourth-order valence-electron chi connectivity index (χ4n) is 0.0345. The van der Waals surface area contributed by atoms with Crippen LogP contribution in [0.4, 0.5) is 13.4 Å². The highest BCUT2D eigenvalue weighted by Crippen LogP contribution is 2.13. The average molecular weight is 126 g/mol. The van der Waals surface area contributed by atoms with Gasteiger partial charge in [-0.3, -0.25) is 4.79 Å². The molecular weight excluding hydrogens is 123 g/mol. The molecule has 0 rings (SSSR count). The molecule has 1 atom stereocenters. The smallest absolute Gasteiger partial charge is 0.284 e. The van der Waals surface area contributed by atoms with Crippen LogP contribution in [0.25, 0.3) is 0 Å². The summed E-state index contributed by atoms with van der Waals surface area (Å²) in [5, 5.41) is -1.85. The number of hydrogen-bond donors (Lipinski definition) is 0. The van der Waals surface area contributed by atoms with Crippen LogP contribution in [-0.2, 0) is 4.79 Å². The van der Waals surface area contributed by atoms with Gasteiger partial charge in [0.1, 0.15) is 0 Å². The van der Waals surface area contributed by atoms with Crippen LogP contribution in [0.2, 0.25) is 0 Å². The van der Waals surface area contributed by atoms with E-state index in [9.17, 15) is 18.1 Å². The van der Waals surface area contributed by atoms with Crippen molar-refractivity contribution in [1.29, 1.82) is 0 Å². The first kappa shape index (κ1) is 7.42. The highest BCUT2D eigenvalue weighted by atomic mass is 19.4. The first-order valence-corrected chi connectivity index (χ1v) is 1.70. The minimum absolute atomic E-state index is 0.403. The third-order valence-corrected chi connectivity index (χ3v) is 0.504. The Labute approximate surface area is 43.8 Å². The molecule has 0 aliphatic carbocycles. The third-order valence-electron chi connectivity index (χ3n) is 0.504. The lowest BCUT2D eigenvalue weighted by atomic mass is 10.4. The van der Waals surface area contributed by atoms with Crippen LogP contribution in [-0.4, -0.2) is 17.4 Å². The number of rotatable bonds is 2. The lowest BCUT2D eigenvalue weighted by Gasteiger charge is -2.08. The van der Waals surface area contributed by atoms with Gasteiger partial charge in [-0.25, -0.2) is 4.39 Å². The summed E-state index contributed by atoms with van der Waals surface area (Å²) in [6, 6.07) is 0. The van der Waals surface area contributed by atoms with Crippen molar-refractivity contribution in [2.75, 3.05) is 0 Å². The minimum atomic E-state index is -3.26. The van der Waals surface area contributed by atoms with E-state index in [-0.39, 0.29) is 0 Å².